The molecule has 1 aromatic carbocycles. The first-order valence-corrected chi connectivity index (χ1v) is 6.40. The van der Waals surface area contributed by atoms with Gasteiger partial charge in [-0.05, 0) is 19.4 Å². The number of benzene rings is 1. The molecule has 0 bridgehead atoms. The fourth-order valence-corrected chi connectivity index (χ4v) is 2.70. The topological polar surface area (TPSA) is 36.7 Å². The number of nitriles is 1. The van der Waals surface area contributed by atoms with Crippen LogP contribution in [0.2, 0.25) is 0 Å². The molecule has 3 heteroatoms. The first kappa shape index (κ1) is 11.8. The summed E-state index contributed by atoms with van der Waals surface area (Å²) in [7, 11) is 0. The number of rotatable bonds is 3. The quantitative estimate of drug-likeness (QED) is 0.825. The average Bonchev–Trinajstić information content (AvgIpc) is 2.80. The molecule has 0 radical (unpaired) electrons. The van der Waals surface area contributed by atoms with Gasteiger partial charge in [0.05, 0.1) is 18.2 Å². The van der Waals surface area contributed by atoms with Gasteiger partial charge in [0.1, 0.15) is 5.01 Å². The number of hydrogen-bond acceptors (Lipinski definition) is 3. The summed E-state index contributed by atoms with van der Waals surface area (Å²) >= 11 is 1.63. The van der Waals surface area contributed by atoms with E-state index in [-0.39, 0.29) is 5.41 Å². The lowest BCUT2D eigenvalue weighted by atomic mass is 9.85. The van der Waals surface area contributed by atoms with Gasteiger partial charge in [0, 0.05) is 10.8 Å². The van der Waals surface area contributed by atoms with Gasteiger partial charge in [-0.3, -0.25) is 0 Å². The summed E-state index contributed by atoms with van der Waals surface area (Å²) in [5.74, 6) is 0. The lowest BCUT2D eigenvalue weighted by Crippen LogP contribution is -2.18. The van der Waals surface area contributed by atoms with E-state index in [9.17, 15) is 0 Å². The van der Waals surface area contributed by atoms with E-state index in [1.807, 2.05) is 23.6 Å². The normalized spacial score (nSPS) is 11.1. The molecule has 0 amide bonds. The molecule has 2 nitrogen and oxygen atoms in total. The monoisotopic (exact) mass is 242 g/mol. The Bertz CT molecular complexity index is 535. The highest BCUT2D eigenvalue weighted by Gasteiger charge is 2.26. The highest BCUT2D eigenvalue weighted by Crippen LogP contribution is 2.33. The van der Waals surface area contributed by atoms with E-state index in [0.717, 1.165) is 10.7 Å². The third-order valence-corrected chi connectivity index (χ3v) is 4.06. The van der Waals surface area contributed by atoms with Crippen molar-refractivity contribution in [1.82, 2.24) is 4.98 Å². The molecule has 1 aromatic heterocycles. The van der Waals surface area contributed by atoms with Gasteiger partial charge in [-0.15, -0.1) is 11.3 Å². The van der Waals surface area contributed by atoms with Crippen LogP contribution in [0.1, 0.15) is 30.1 Å². The van der Waals surface area contributed by atoms with Crippen molar-refractivity contribution in [2.75, 3.05) is 0 Å². The molecule has 17 heavy (non-hydrogen) atoms. The minimum Gasteiger partial charge on any atom is -0.244 e. The maximum atomic E-state index is 8.66. The Labute approximate surface area is 106 Å². The maximum Gasteiger partial charge on any atom is 0.103 e. The first-order chi connectivity index (χ1) is 8.14. The lowest BCUT2D eigenvalue weighted by Gasteiger charge is -2.22. The number of nitrogens with zero attached hydrogens (tertiary/aromatic N) is 2. The smallest absolute Gasteiger partial charge is 0.103 e. The van der Waals surface area contributed by atoms with Gasteiger partial charge in [0.25, 0.3) is 0 Å². The molecular weight excluding hydrogens is 228 g/mol. The van der Waals surface area contributed by atoms with Gasteiger partial charge in [-0.1, -0.05) is 30.3 Å². The van der Waals surface area contributed by atoms with E-state index in [0.29, 0.717) is 6.42 Å². The number of thiazole rings is 1. The van der Waals surface area contributed by atoms with Crippen LogP contribution in [0.5, 0.6) is 0 Å². The Kier molecular flexibility index (Phi) is 3.26. The predicted octanol–water partition coefficient (Wildman–Crippen LogP) is 3.54. The van der Waals surface area contributed by atoms with Crippen molar-refractivity contribution < 1.29 is 0 Å². The third-order valence-electron chi connectivity index (χ3n) is 2.84. The van der Waals surface area contributed by atoms with Gasteiger partial charge in [-0.25, -0.2) is 4.98 Å². The SMILES string of the molecule is CC(C)(c1ccccc1)c1nc(CC#N)cs1. The second-order valence-electron chi connectivity index (χ2n) is 4.47. The van der Waals surface area contributed by atoms with Gasteiger partial charge in [0.2, 0.25) is 0 Å². The van der Waals surface area contributed by atoms with E-state index < -0.39 is 0 Å². The molecule has 0 aliphatic rings. The van der Waals surface area contributed by atoms with E-state index in [2.05, 4.69) is 37.0 Å². The minimum atomic E-state index is -0.0976. The summed E-state index contributed by atoms with van der Waals surface area (Å²) in [5, 5.41) is 11.7. The van der Waals surface area contributed by atoms with Crippen LogP contribution in [-0.2, 0) is 11.8 Å². The van der Waals surface area contributed by atoms with Crippen LogP contribution in [0, 0.1) is 11.3 Å². The van der Waals surface area contributed by atoms with Crippen molar-refractivity contribution in [3.05, 3.63) is 52.0 Å². The second-order valence-corrected chi connectivity index (χ2v) is 5.33. The van der Waals surface area contributed by atoms with Crippen LogP contribution >= 0.6 is 11.3 Å². The van der Waals surface area contributed by atoms with E-state index in [1.165, 1.54) is 5.56 Å². The van der Waals surface area contributed by atoms with Gasteiger partial charge < -0.3 is 0 Å². The molecule has 0 saturated heterocycles. The predicted molar refractivity (Wildman–Crippen MR) is 70.0 cm³/mol. The van der Waals surface area contributed by atoms with E-state index in [4.69, 9.17) is 5.26 Å². The lowest BCUT2D eigenvalue weighted by molar-refractivity contribution is 0.632. The summed E-state index contributed by atoms with van der Waals surface area (Å²) in [4.78, 5) is 4.54. The zero-order valence-electron chi connectivity index (χ0n) is 9.97. The molecule has 2 aromatic rings. The molecule has 0 aliphatic heterocycles. The molecule has 0 unspecified atom stereocenters. The van der Waals surface area contributed by atoms with Crippen LogP contribution < -0.4 is 0 Å². The van der Waals surface area contributed by atoms with Crippen molar-refractivity contribution in [3.63, 3.8) is 0 Å². The highest BCUT2D eigenvalue weighted by atomic mass is 32.1. The number of aromatic nitrogens is 1. The second kappa shape index (κ2) is 4.68. The summed E-state index contributed by atoms with van der Waals surface area (Å²) in [5.41, 5.74) is 2.02. The molecule has 0 N–H and O–H groups in total. The molecule has 1 heterocycles. The summed E-state index contributed by atoms with van der Waals surface area (Å²) in [6, 6.07) is 12.5. The minimum absolute atomic E-state index is 0.0976. The Morgan fingerprint density at radius 1 is 1.29 bits per heavy atom. The zero-order chi connectivity index (χ0) is 12.3. The summed E-state index contributed by atoms with van der Waals surface area (Å²) in [6.07, 6.45) is 0.390. The Morgan fingerprint density at radius 2 is 2.00 bits per heavy atom. The molecule has 0 saturated carbocycles. The van der Waals surface area contributed by atoms with Crippen LogP contribution in [0.3, 0.4) is 0 Å². The Morgan fingerprint density at radius 3 is 2.65 bits per heavy atom. The Hall–Kier alpha value is -1.66. The summed E-state index contributed by atoms with van der Waals surface area (Å²) in [6.45, 7) is 4.33. The fraction of sp³-hybridized carbons (Fsp3) is 0.286. The van der Waals surface area contributed by atoms with Crippen molar-refractivity contribution in [1.29, 1.82) is 5.26 Å². The standard InChI is InChI=1S/C14H14N2S/c1-14(2,11-6-4-3-5-7-11)13-16-12(8-9-15)10-17-13/h3-7,10H,8H2,1-2H3. The number of hydrogen-bond donors (Lipinski definition) is 0. The van der Waals surface area contributed by atoms with Gasteiger partial charge in [0.15, 0.2) is 0 Å². The molecule has 86 valence electrons. The molecule has 0 atom stereocenters. The zero-order valence-corrected chi connectivity index (χ0v) is 10.8. The first-order valence-electron chi connectivity index (χ1n) is 5.52. The van der Waals surface area contributed by atoms with E-state index in [1.54, 1.807) is 11.3 Å². The van der Waals surface area contributed by atoms with E-state index >= 15 is 0 Å². The van der Waals surface area contributed by atoms with Crippen molar-refractivity contribution in [2.24, 2.45) is 0 Å². The third kappa shape index (κ3) is 2.37. The van der Waals surface area contributed by atoms with Crippen LogP contribution in [0.25, 0.3) is 0 Å². The molecular formula is C14H14N2S. The molecule has 2 rings (SSSR count). The van der Waals surface area contributed by atoms with Crippen molar-refractivity contribution in [3.8, 4) is 6.07 Å². The van der Waals surface area contributed by atoms with Gasteiger partial charge in [-0.2, -0.15) is 5.26 Å². The van der Waals surface area contributed by atoms with Crippen LogP contribution in [-0.4, -0.2) is 4.98 Å². The largest absolute Gasteiger partial charge is 0.244 e. The van der Waals surface area contributed by atoms with Crippen LogP contribution in [0.15, 0.2) is 35.7 Å². The highest BCUT2D eigenvalue weighted by molar-refractivity contribution is 7.09. The van der Waals surface area contributed by atoms with Crippen molar-refractivity contribution >= 4 is 11.3 Å². The summed E-state index contributed by atoms with van der Waals surface area (Å²) < 4.78 is 0. The molecule has 0 fully saturated rings. The fourth-order valence-electron chi connectivity index (χ4n) is 1.73. The van der Waals surface area contributed by atoms with Crippen molar-refractivity contribution in [2.45, 2.75) is 25.7 Å². The Balaban J connectivity index is 2.35. The average molecular weight is 242 g/mol. The van der Waals surface area contributed by atoms with Gasteiger partial charge >= 0.3 is 0 Å². The molecule has 0 spiro atoms. The molecule has 0 aliphatic carbocycles. The maximum absolute atomic E-state index is 8.66. The van der Waals surface area contributed by atoms with Crippen LogP contribution in [0.4, 0.5) is 0 Å².